The van der Waals surface area contributed by atoms with Crippen LogP contribution < -0.4 is 10.1 Å². The van der Waals surface area contributed by atoms with Crippen molar-refractivity contribution in [1.29, 1.82) is 0 Å². The van der Waals surface area contributed by atoms with Crippen molar-refractivity contribution in [3.63, 3.8) is 0 Å². The summed E-state index contributed by atoms with van der Waals surface area (Å²) in [4.78, 5) is 7.98. The van der Waals surface area contributed by atoms with Crippen LogP contribution in [0.1, 0.15) is 12.5 Å². The molecule has 0 saturated heterocycles. The summed E-state index contributed by atoms with van der Waals surface area (Å²) in [7, 11) is 1.85. The summed E-state index contributed by atoms with van der Waals surface area (Å²) in [6, 6.07) is 0.395. The predicted octanol–water partition coefficient (Wildman–Crippen LogP) is 0.446. The lowest BCUT2D eigenvalue weighted by Crippen LogP contribution is -2.04. The van der Waals surface area contributed by atoms with Gasteiger partial charge in [0.2, 0.25) is 0 Å². The summed E-state index contributed by atoms with van der Waals surface area (Å²) in [6.07, 6.45) is 3.31. The third-order valence-electron chi connectivity index (χ3n) is 1.40. The van der Waals surface area contributed by atoms with Gasteiger partial charge in [0.25, 0.3) is 0 Å². The molecule has 4 heteroatoms. The molecule has 1 rings (SSSR count). The second-order valence-corrected chi connectivity index (χ2v) is 2.52. The van der Waals surface area contributed by atoms with Gasteiger partial charge in [0.05, 0.1) is 18.7 Å². The second-order valence-electron chi connectivity index (χ2n) is 2.52. The maximum Gasteiger partial charge on any atom is 0.316 e. The molecule has 0 atom stereocenters. The Morgan fingerprint density at radius 2 is 2.14 bits per heavy atom. The summed E-state index contributed by atoms with van der Waals surface area (Å²) in [5, 5.41) is 2.93. The lowest BCUT2D eigenvalue weighted by Gasteiger charge is -1.98. The van der Waals surface area contributed by atoms with Gasteiger partial charge >= 0.3 is 6.01 Å². The van der Waals surface area contributed by atoms with Gasteiger partial charge in [0.1, 0.15) is 0 Å². The number of aromatic nitrogens is 2. The Morgan fingerprint density at radius 3 is 2.71 bits per heavy atom. The summed E-state index contributed by atoms with van der Waals surface area (Å²) in [5.74, 6) is 5.84. The van der Waals surface area contributed by atoms with Crippen LogP contribution in [0.4, 0.5) is 0 Å². The molecule has 0 fully saturated rings. The molecule has 0 radical (unpaired) electrons. The monoisotopic (exact) mass is 191 g/mol. The van der Waals surface area contributed by atoms with E-state index in [4.69, 9.17) is 4.74 Å². The molecule has 0 saturated carbocycles. The first kappa shape index (κ1) is 10.5. The highest BCUT2D eigenvalue weighted by molar-refractivity contribution is 5.30. The van der Waals surface area contributed by atoms with Gasteiger partial charge < -0.3 is 10.1 Å². The lowest BCUT2D eigenvalue weighted by atomic mass is 10.3. The SMILES string of the molecule is CCOc1ncc(C#CCNC)cn1. The minimum Gasteiger partial charge on any atom is -0.464 e. The van der Waals surface area contributed by atoms with Crippen molar-refractivity contribution in [2.75, 3.05) is 20.2 Å². The average Bonchev–Trinajstić information content (AvgIpc) is 2.21. The summed E-state index contributed by atoms with van der Waals surface area (Å²) in [5.41, 5.74) is 0.795. The van der Waals surface area contributed by atoms with E-state index in [1.165, 1.54) is 0 Å². The van der Waals surface area contributed by atoms with Crippen LogP contribution in [0.5, 0.6) is 6.01 Å². The molecule has 1 heterocycles. The Hall–Kier alpha value is -1.60. The molecule has 0 bridgehead atoms. The van der Waals surface area contributed by atoms with Gasteiger partial charge in [-0.3, -0.25) is 0 Å². The standard InChI is InChI=1S/C10H13N3O/c1-3-14-10-12-7-9(8-13-10)5-4-6-11-2/h7-8,11H,3,6H2,1-2H3. The van der Waals surface area contributed by atoms with E-state index in [2.05, 4.69) is 27.1 Å². The van der Waals surface area contributed by atoms with Gasteiger partial charge in [-0.25, -0.2) is 9.97 Å². The Bertz CT molecular complexity index is 323. The molecule has 1 aromatic rings. The number of nitrogens with zero attached hydrogens (tertiary/aromatic N) is 2. The zero-order valence-corrected chi connectivity index (χ0v) is 8.37. The van der Waals surface area contributed by atoms with Crippen molar-refractivity contribution in [3.8, 4) is 17.9 Å². The maximum atomic E-state index is 5.10. The van der Waals surface area contributed by atoms with Gasteiger partial charge in [-0.2, -0.15) is 0 Å². The van der Waals surface area contributed by atoms with E-state index in [1.807, 2.05) is 14.0 Å². The van der Waals surface area contributed by atoms with Crippen LogP contribution in [0.15, 0.2) is 12.4 Å². The predicted molar refractivity (Wildman–Crippen MR) is 54.0 cm³/mol. The minimum atomic E-state index is 0.395. The van der Waals surface area contributed by atoms with Gasteiger partial charge in [0, 0.05) is 12.4 Å². The molecule has 74 valence electrons. The highest BCUT2D eigenvalue weighted by Gasteiger charge is 1.93. The molecule has 0 aliphatic carbocycles. The fraction of sp³-hybridized carbons (Fsp3) is 0.400. The first-order chi connectivity index (χ1) is 6.86. The first-order valence-electron chi connectivity index (χ1n) is 4.45. The summed E-state index contributed by atoms with van der Waals surface area (Å²) < 4.78 is 5.10. The molecule has 0 aliphatic heterocycles. The van der Waals surface area contributed by atoms with E-state index in [1.54, 1.807) is 12.4 Å². The summed E-state index contributed by atoms with van der Waals surface area (Å²) >= 11 is 0. The minimum absolute atomic E-state index is 0.395. The third kappa shape index (κ3) is 3.42. The van der Waals surface area contributed by atoms with Crippen molar-refractivity contribution in [2.45, 2.75) is 6.92 Å². The van der Waals surface area contributed by atoms with Crippen molar-refractivity contribution in [1.82, 2.24) is 15.3 Å². The average molecular weight is 191 g/mol. The zero-order chi connectivity index (χ0) is 10.2. The molecule has 0 unspecified atom stereocenters. The number of hydrogen-bond acceptors (Lipinski definition) is 4. The number of hydrogen-bond donors (Lipinski definition) is 1. The lowest BCUT2D eigenvalue weighted by molar-refractivity contribution is 0.312. The molecule has 1 N–H and O–H groups in total. The fourth-order valence-corrected chi connectivity index (χ4v) is 0.819. The molecule has 1 aromatic heterocycles. The highest BCUT2D eigenvalue weighted by Crippen LogP contribution is 2.00. The topological polar surface area (TPSA) is 47.0 Å². The van der Waals surface area contributed by atoms with Crippen LogP contribution in [-0.4, -0.2) is 30.2 Å². The first-order valence-corrected chi connectivity index (χ1v) is 4.45. The van der Waals surface area contributed by atoms with E-state index >= 15 is 0 Å². The van der Waals surface area contributed by atoms with E-state index in [9.17, 15) is 0 Å². The second kappa shape index (κ2) is 5.95. The smallest absolute Gasteiger partial charge is 0.316 e. The maximum absolute atomic E-state index is 5.10. The molecule has 0 spiro atoms. The molecule has 0 amide bonds. The van der Waals surface area contributed by atoms with Crippen molar-refractivity contribution >= 4 is 0 Å². The van der Waals surface area contributed by atoms with Gasteiger partial charge in [0.15, 0.2) is 0 Å². The van der Waals surface area contributed by atoms with E-state index in [-0.39, 0.29) is 0 Å². The van der Waals surface area contributed by atoms with E-state index < -0.39 is 0 Å². The Balaban J connectivity index is 2.60. The molecule has 0 aromatic carbocycles. The molecular formula is C10H13N3O. The van der Waals surface area contributed by atoms with Crippen LogP contribution >= 0.6 is 0 Å². The highest BCUT2D eigenvalue weighted by atomic mass is 16.5. The van der Waals surface area contributed by atoms with Crippen molar-refractivity contribution in [2.24, 2.45) is 0 Å². The zero-order valence-electron chi connectivity index (χ0n) is 8.37. The van der Waals surface area contributed by atoms with Crippen LogP contribution in [-0.2, 0) is 0 Å². The fourth-order valence-electron chi connectivity index (χ4n) is 0.819. The number of nitrogens with one attached hydrogen (secondary N) is 1. The Kier molecular flexibility index (Phi) is 4.45. The molecule has 14 heavy (non-hydrogen) atoms. The van der Waals surface area contributed by atoms with E-state index in [0.29, 0.717) is 19.2 Å². The van der Waals surface area contributed by atoms with Crippen LogP contribution in [0.25, 0.3) is 0 Å². The Labute approximate surface area is 83.7 Å². The van der Waals surface area contributed by atoms with Crippen molar-refractivity contribution < 1.29 is 4.74 Å². The van der Waals surface area contributed by atoms with E-state index in [0.717, 1.165) is 5.56 Å². The molecular weight excluding hydrogens is 178 g/mol. The summed E-state index contributed by atoms with van der Waals surface area (Å²) in [6.45, 7) is 3.13. The van der Waals surface area contributed by atoms with Gasteiger partial charge in [-0.05, 0) is 14.0 Å². The Morgan fingerprint density at radius 1 is 1.43 bits per heavy atom. The molecule has 4 nitrogen and oxygen atoms in total. The van der Waals surface area contributed by atoms with Crippen LogP contribution in [0.3, 0.4) is 0 Å². The van der Waals surface area contributed by atoms with Gasteiger partial charge in [-0.1, -0.05) is 11.8 Å². The largest absolute Gasteiger partial charge is 0.464 e. The van der Waals surface area contributed by atoms with Crippen LogP contribution in [0.2, 0.25) is 0 Å². The third-order valence-corrected chi connectivity index (χ3v) is 1.40. The molecule has 0 aliphatic rings. The van der Waals surface area contributed by atoms with Crippen molar-refractivity contribution in [3.05, 3.63) is 18.0 Å². The normalized spacial score (nSPS) is 9.00. The van der Waals surface area contributed by atoms with Crippen LogP contribution in [0, 0.1) is 11.8 Å². The van der Waals surface area contributed by atoms with Gasteiger partial charge in [-0.15, -0.1) is 0 Å². The quantitative estimate of drug-likeness (QED) is 0.704. The number of rotatable bonds is 3. The number of ether oxygens (including phenoxy) is 1.